The Kier molecular flexibility index (Phi) is 3.43. The monoisotopic (exact) mass is 243 g/mol. The number of hydrogen-bond acceptors (Lipinski definition) is 1. The summed E-state index contributed by atoms with van der Waals surface area (Å²) < 4.78 is 0. The van der Waals surface area contributed by atoms with E-state index in [1.54, 1.807) is 0 Å². The van der Waals surface area contributed by atoms with Crippen molar-refractivity contribution in [3.05, 3.63) is 35.4 Å². The van der Waals surface area contributed by atoms with Crippen molar-refractivity contribution in [2.75, 3.05) is 0 Å². The highest BCUT2D eigenvalue weighted by Gasteiger charge is 2.40. The minimum Gasteiger partial charge on any atom is -0.327 e. The minimum atomic E-state index is 0.461. The van der Waals surface area contributed by atoms with Crippen molar-refractivity contribution in [2.24, 2.45) is 17.6 Å². The van der Waals surface area contributed by atoms with E-state index in [1.165, 1.54) is 43.2 Å². The summed E-state index contributed by atoms with van der Waals surface area (Å²) in [5.41, 5.74) is 9.45. The first kappa shape index (κ1) is 12.2. The summed E-state index contributed by atoms with van der Waals surface area (Å²) in [6.45, 7) is 2.22. The van der Waals surface area contributed by atoms with Crippen LogP contribution in [0.15, 0.2) is 24.3 Å². The van der Waals surface area contributed by atoms with Crippen LogP contribution in [0, 0.1) is 11.8 Å². The molecule has 3 rings (SSSR count). The first-order valence-electron chi connectivity index (χ1n) is 7.64. The lowest BCUT2D eigenvalue weighted by Gasteiger charge is -2.45. The highest BCUT2D eigenvalue weighted by Crippen LogP contribution is 2.46. The average Bonchev–Trinajstić information content (AvgIpc) is 2.39. The van der Waals surface area contributed by atoms with E-state index in [2.05, 4.69) is 31.2 Å². The molecule has 2 aliphatic rings. The third-order valence-electron chi connectivity index (χ3n) is 5.33. The number of benzene rings is 1. The molecule has 0 spiro atoms. The number of hydrogen-bond donors (Lipinski definition) is 1. The van der Waals surface area contributed by atoms with Gasteiger partial charge in [-0.25, -0.2) is 0 Å². The zero-order valence-corrected chi connectivity index (χ0v) is 11.4. The maximum atomic E-state index is 6.47. The summed E-state index contributed by atoms with van der Waals surface area (Å²) in [5, 5.41) is 0. The molecule has 4 atom stereocenters. The van der Waals surface area contributed by atoms with Gasteiger partial charge in [0.25, 0.3) is 0 Å². The maximum absolute atomic E-state index is 6.47. The van der Waals surface area contributed by atoms with Crippen molar-refractivity contribution >= 4 is 0 Å². The molecular weight excluding hydrogens is 218 g/mol. The predicted molar refractivity (Wildman–Crippen MR) is 76.6 cm³/mol. The van der Waals surface area contributed by atoms with E-state index in [9.17, 15) is 0 Å². The Bertz CT molecular complexity index is 395. The molecule has 2 saturated carbocycles. The SMILES string of the molecule is CCc1ccc([C@H]2CCC3CCCC2C3N)cc1. The summed E-state index contributed by atoms with van der Waals surface area (Å²) >= 11 is 0. The van der Waals surface area contributed by atoms with Crippen LogP contribution >= 0.6 is 0 Å². The maximum Gasteiger partial charge on any atom is 0.0101 e. The molecule has 1 heteroatoms. The van der Waals surface area contributed by atoms with E-state index in [4.69, 9.17) is 5.73 Å². The summed E-state index contributed by atoms with van der Waals surface area (Å²) in [6, 6.07) is 9.77. The molecule has 0 saturated heterocycles. The molecule has 2 aliphatic carbocycles. The molecule has 3 unspecified atom stereocenters. The zero-order chi connectivity index (χ0) is 12.5. The number of aryl methyl sites for hydroxylation is 1. The van der Waals surface area contributed by atoms with Crippen LogP contribution in [0.2, 0.25) is 0 Å². The Morgan fingerprint density at radius 2 is 1.83 bits per heavy atom. The second-order valence-electron chi connectivity index (χ2n) is 6.21. The lowest BCUT2D eigenvalue weighted by atomic mass is 9.62. The van der Waals surface area contributed by atoms with E-state index < -0.39 is 0 Å². The standard InChI is InChI=1S/C17H25N/c1-2-12-6-8-13(9-7-12)15-11-10-14-4-3-5-16(15)17(14)18/h6-9,14-17H,2-5,10-11,18H2,1H3/t14?,15-,16?,17?/m1/s1. The van der Waals surface area contributed by atoms with Gasteiger partial charge in [0.05, 0.1) is 0 Å². The fourth-order valence-electron chi connectivity index (χ4n) is 4.18. The number of fused-ring (bicyclic) bond motifs is 2. The largest absolute Gasteiger partial charge is 0.327 e. The Labute approximate surface area is 111 Å². The molecule has 0 aromatic heterocycles. The molecule has 0 radical (unpaired) electrons. The van der Waals surface area contributed by atoms with Crippen LogP contribution < -0.4 is 5.73 Å². The predicted octanol–water partition coefficient (Wildman–Crippen LogP) is 3.87. The molecule has 0 aliphatic heterocycles. The van der Waals surface area contributed by atoms with Crippen molar-refractivity contribution in [1.82, 2.24) is 0 Å². The topological polar surface area (TPSA) is 26.0 Å². The summed E-state index contributed by atoms with van der Waals surface area (Å²) in [5.74, 6) is 2.28. The zero-order valence-electron chi connectivity index (χ0n) is 11.4. The minimum absolute atomic E-state index is 0.461. The van der Waals surface area contributed by atoms with E-state index in [0.717, 1.165) is 24.2 Å². The molecule has 0 heterocycles. The smallest absolute Gasteiger partial charge is 0.0101 e. The van der Waals surface area contributed by atoms with Crippen LogP contribution in [-0.2, 0) is 6.42 Å². The van der Waals surface area contributed by atoms with E-state index in [-0.39, 0.29) is 0 Å². The fourth-order valence-corrected chi connectivity index (χ4v) is 4.18. The van der Waals surface area contributed by atoms with Gasteiger partial charge in [0.1, 0.15) is 0 Å². The van der Waals surface area contributed by atoms with Crippen molar-refractivity contribution in [1.29, 1.82) is 0 Å². The summed E-state index contributed by atoms with van der Waals surface area (Å²) in [7, 11) is 0. The third-order valence-corrected chi connectivity index (χ3v) is 5.33. The molecule has 0 amide bonds. The van der Waals surface area contributed by atoms with Gasteiger partial charge in [0.2, 0.25) is 0 Å². The van der Waals surface area contributed by atoms with E-state index in [1.807, 2.05) is 0 Å². The van der Waals surface area contributed by atoms with Gasteiger partial charge in [0, 0.05) is 6.04 Å². The van der Waals surface area contributed by atoms with Crippen LogP contribution in [0.25, 0.3) is 0 Å². The normalized spacial score (nSPS) is 35.4. The molecule has 2 N–H and O–H groups in total. The van der Waals surface area contributed by atoms with Gasteiger partial charge in [0.15, 0.2) is 0 Å². The first-order chi connectivity index (χ1) is 8.79. The van der Waals surface area contributed by atoms with Crippen molar-refractivity contribution < 1.29 is 0 Å². The quantitative estimate of drug-likeness (QED) is 0.838. The molecule has 18 heavy (non-hydrogen) atoms. The Morgan fingerprint density at radius 1 is 1.06 bits per heavy atom. The fraction of sp³-hybridized carbons (Fsp3) is 0.647. The summed E-state index contributed by atoms with van der Waals surface area (Å²) in [4.78, 5) is 0. The van der Waals surface area contributed by atoms with E-state index in [0.29, 0.717) is 6.04 Å². The van der Waals surface area contributed by atoms with Gasteiger partial charge in [-0.15, -0.1) is 0 Å². The summed E-state index contributed by atoms with van der Waals surface area (Å²) in [6.07, 6.45) is 7.95. The second-order valence-corrected chi connectivity index (χ2v) is 6.21. The molecular formula is C17H25N. The molecule has 1 aromatic carbocycles. The average molecular weight is 243 g/mol. The van der Waals surface area contributed by atoms with Crippen LogP contribution in [0.4, 0.5) is 0 Å². The van der Waals surface area contributed by atoms with Crippen molar-refractivity contribution in [3.63, 3.8) is 0 Å². The van der Waals surface area contributed by atoms with Gasteiger partial charge in [-0.1, -0.05) is 37.6 Å². The molecule has 2 bridgehead atoms. The van der Waals surface area contributed by atoms with Crippen LogP contribution in [0.3, 0.4) is 0 Å². The highest BCUT2D eigenvalue weighted by molar-refractivity contribution is 5.27. The van der Waals surface area contributed by atoms with Gasteiger partial charge in [-0.2, -0.15) is 0 Å². The van der Waals surface area contributed by atoms with Gasteiger partial charge in [-0.3, -0.25) is 0 Å². The number of rotatable bonds is 2. The Morgan fingerprint density at radius 3 is 2.56 bits per heavy atom. The Balaban J connectivity index is 1.82. The van der Waals surface area contributed by atoms with E-state index >= 15 is 0 Å². The van der Waals surface area contributed by atoms with Gasteiger partial charge >= 0.3 is 0 Å². The molecule has 2 fully saturated rings. The first-order valence-corrected chi connectivity index (χ1v) is 7.64. The van der Waals surface area contributed by atoms with Crippen LogP contribution in [0.5, 0.6) is 0 Å². The van der Waals surface area contributed by atoms with Gasteiger partial charge < -0.3 is 5.73 Å². The highest BCUT2D eigenvalue weighted by atomic mass is 14.7. The molecule has 98 valence electrons. The Hall–Kier alpha value is -0.820. The lowest BCUT2D eigenvalue weighted by Crippen LogP contribution is -2.46. The third kappa shape index (κ3) is 2.09. The molecule has 1 nitrogen and oxygen atoms in total. The van der Waals surface area contributed by atoms with Crippen LogP contribution in [-0.4, -0.2) is 6.04 Å². The lowest BCUT2D eigenvalue weighted by molar-refractivity contribution is 0.128. The second kappa shape index (κ2) is 5.05. The number of nitrogens with two attached hydrogens (primary N) is 1. The van der Waals surface area contributed by atoms with Gasteiger partial charge in [-0.05, 0) is 61.0 Å². The molecule has 1 aromatic rings. The van der Waals surface area contributed by atoms with Crippen molar-refractivity contribution in [2.45, 2.75) is 57.4 Å². The van der Waals surface area contributed by atoms with Crippen LogP contribution in [0.1, 0.15) is 56.1 Å². The van der Waals surface area contributed by atoms with Crippen molar-refractivity contribution in [3.8, 4) is 0 Å².